The quantitative estimate of drug-likeness (QED) is 0.154. The van der Waals surface area contributed by atoms with Crippen molar-refractivity contribution in [3.05, 3.63) is 48.0 Å². The van der Waals surface area contributed by atoms with Crippen LogP contribution in [0.4, 0.5) is 5.82 Å². The monoisotopic (exact) mass is 589 g/mol. The molecule has 0 spiro atoms. The summed E-state index contributed by atoms with van der Waals surface area (Å²) in [6, 6.07) is 5.33. The molecule has 0 bridgehead atoms. The van der Waals surface area contributed by atoms with Crippen LogP contribution < -0.4 is 10.5 Å². The zero-order valence-corrected chi connectivity index (χ0v) is 22.4. The number of aromatic nitrogens is 7. The number of phenolic OH excluding ortho intramolecular Hbond substituents is 1. The minimum atomic E-state index is -4.68. The lowest BCUT2D eigenvalue weighted by Crippen LogP contribution is -2.37. The number of phenols is 1. The number of carbonyl (C=O) groups excluding carboxylic acids is 1. The molecule has 3 aromatic heterocycles. The molecule has 1 aliphatic rings. The Morgan fingerprint density at radius 3 is 2.76 bits per heavy atom. The van der Waals surface area contributed by atoms with Crippen LogP contribution in [0.25, 0.3) is 17.1 Å². The topological polar surface area (TPSA) is 243 Å². The molecule has 1 amide bonds. The van der Waals surface area contributed by atoms with Gasteiger partial charge in [0.2, 0.25) is 0 Å². The Kier molecular flexibility index (Phi) is 7.82. The zero-order valence-electron chi connectivity index (χ0n) is 21.6. The molecule has 18 heteroatoms. The summed E-state index contributed by atoms with van der Waals surface area (Å²) in [4.78, 5) is 25.1. The average Bonchev–Trinajstić information content (AvgIpc) is 3.65. The van der Waals surface area contributed by atoms with Gasteiger partial charge >= 0.3 is 10.3 Å². The van der Waals surface area contributed by atoms with E-state index in [4.69, 9.17) is 14.7 Å². The SMILES string of the molecule is CCCCc1cn(-c2nc(N)c3ncn([C@@H]4O[C@H](COS(=O)(=O)NC(=O)c5ccccc5O)[C@@H](O)[C@H]4O)c3n2)nn1. The van der Waals surface area contributed by atoms with Gasteiger partial charge in [0.25, 0.3) is 11.9 Å². The number of ether oxygens (including phenoxy) is 1. The van der Waals surface area contributed by atoms with Crippen molar-refractivity contribution in [2.45, 2.75) is 50.7 Å². The summed E-state index contributed by atoms with van der Waals surface area (Å²) >= 11 is 0. The van der Waals surface area contributed by atoms with Crippen LogP contribution in [0.1, 0.15) is 42.0 Å². The van der Waals surface area contributed by atoms with E-state index in [1.165, 1.54) is 39.8 Å². The number of nitrogens with one attached hydrogen (secondary N) is 1. The number of imidazole rings is 1. The van der Waals surface area contributed by atoms with Crippen LogP contribution in [0, 0.1) is 0 Å². The molecule has 17 nitrogen and oxygen atoms in total. The number of unbranched alkanes of at least 4 members (excludes halogenated alkanes) is 1. The van der Waals surface area contributed by atoms with Crippen LogP contribution >= 0.6 is 0 Å². The van der Waals surface area contributed by atoms with E-state index in [-0.39, 0.29) is 28.5 Å². The van der Waals surface area contributed by atoms with E-state index < -0.39 is 53.1 Å². The number of hydrogen-bond acceptors (Lipinski definition) is 14. The second-order valence-electron chi connectivity index (χ2n) is 9.22. The van der Waals surface area contributed by atoms with Gasteiger partial charge in [0, 0.05) is 0 Å². The fourth-order valence-electron chi connectivity index (χ4n) is 4.20. The Balaban J connectivity index is 1.31. The van der Waals surface area contributed by atoms with E-state index >= 15 is 0 Å². The van der Waals surface area contributed by atoms with Gasteiger partial charge in [-0.1, -0.05) is 30.7 Å². The second-order valence-corrected chi connectivity index (χ2v) is 10.6. The number of nitrogens with two attached hydrogens (primary N) is 1. The molecule has 0 saturated carbocycles. The second kappa shape index (κ2) is 11.3. The number of anilines is 1. The van der Waals surface area contributed by atoms with Crippen molar-refractivity contribution in [2.75, 3.05) is 12.3 Å². The molecule has 0 unspecified atom stereocenters. The number of aliphatic hydroxyl groups excluding tert-OH is 2. The van der Waals surface area contributed by atoms with Crippen molar-refractivity contribution >= 4 is 33.2 Å². The fourth-order valence-corrected chi connectivity index (χ4v) is 4.91. The van der Waals surface area contributed by atoms with Gasteiger partial charge in [-0.15, -0.1) is 5.10 Å². The molecule has 0 radical (unpaired) electrons. The number of aromatic hydroxyl groups is 1. The summed E-state index contributed by atoms with van der Waals surface area (Å²) in [7, 11) is -4.68. The molecule has 1 saturated heterocycles. The van der Waals surface area contributed by atoms with Gasteiger partial charge in [-0.3, -0.25) is 13.5 Å². The van der Waals surface area contributed by atoms with Gasteiger partial charge in [0.15, 0.2) is 17.7 Å². The van der Waals surface area contributed by atoms with Crippen molar-refractivity contribution < 1.29 is 37.5 Å². The minimum Gasteiger partial charge on any atom is -0.507 e. The van der Waals surface area contributed by atoms with E-state index in [2.05, 4.69) is 32.2 Å². The molecule has 0 aliphatic carbocycles. The number of benzene rings is 1. The van der Waals surface area contributed by atoms with Crippen LogP contribution in [0.15, 0.2) is 36.8 Å². The van der Waals surface area contributed by atoms with E-state index in [1.54, 1.807) is 10.9 Å². The van der Waals surface area contributed by atoms with Gasteiger partial charge < -0.3 is 25.8 Å². The standard InChI is InChI=1S/C23H27N9O8S/c1-2-3-6-12-9-32(30-28-12)23-26-19(24)16-20(27-23)31(11-25-16)22-18(35)17(34)15(40-22)10-39-41(37,38)29-21(36)13-7-4-5-8-14(13)33/h4-5,7-9,11,15,17-18,22,33-35H,2-3,6,10H2,1H3,(H,29,36)(H2,24,26,27)/t15-,17-,18-,22-/m1/s1. The summed E-state index contributed by atoms with van der Waals surface area (Å²) in [6.07, 6.45) is -0.135. The van der Waals surface area contributed by atoms with Crippen LogP contribution in [-0.4, -0.2) is 89.1 Å². The normalized spacial score (nSPS) is 21.0. The molecule has 5 rings (SSSR count). The highest BCUT2D eigenvalue weighted by Gasteiger charge is 2.45. The highest BCUT2D eigenvalue weighted by atomic mass is 32.2. The van der Waals surface area contributed by atoms with Crippen LogP contribution in [-0.2, 0) is 25.6 Å². The Morgan fingerprint density at radius 2 is 2.00 bits per heavy atom. The van der Waals surface area contributed by atoms with Gasteiger partial charge in [0.1, 0.15) is 29.6 Å². The van der Waals surface area contributed by atoms with Crippen molar-refractivity contribution in [1.82, 2.24) is 39.2 Å². The first-order valence-corrected chi connectivity index (χ1v) is 13.9. The van der Waals surface area contributed by atoms with Crippen molar-refractivity contribution in [1.29, 1.82) is 0 Å². The summed E-state index contributed by atoms with van der Waals surface area (Å²) in [5.74, 6) is -1.45. The summed E-state index contributed by atoms with van der Waals surface area (Å²) < 4.78 is 39.5. The first kappa shape index (κ1) is 28.3. The minimum absolute atomic E-state index is 0.0218. The molecule has 4 atom stereocenters. The van der Waals surface area contributed by atoms with E-state index in [0.717, 1.165) is 25.0 Å². The highest BCUT2D eigenvalue weighted by molar-refractivity contribution is 7.85. The number of para-hydroxylation sites is 1. The number of amides is 1. The van der Waals surface area contributed by atoms with E-state index in [9.17, 15) is 28.5 Å². The largest absolute Gasteiger partial charge is 0.507 e. The molecule has 1 aromatic carbocycles. The first-order valence-electron chi connectivity index (χ1n) is 12.5. The van der Waals surface area contributed by atoms with Crippen molar-refractivity contribution in [2.24, 2.45) is 0 Å². The predicted octanol–water partition coefficient (Wildman–Crippen LogP) is -0.652. The van der Waals surface area contributed by atoms with Crippen LogP contribution in [0.5, 0.6) is 5.75 Å². The Labute approximate surface area is 232 Å². The van der Waals surface area contributed by atoms with Crippen LogP contribution in [0.2, 0.25) is 0 Å². The third kappa shape index (κ3) is 5.81. The number of nitrogen functional groups attached to an aromatic ring is 1. The number of carbonyl (C=O) groups is 1. The third-order valence-corrected chi connectivity index (χ3v) is 7.22. The first-order chi connectivity index (χ1) is 19.6. The number of rotatable bonds is 10. The number of aryl methyl sites for hydroxylation is 1. The molecular formula is C23H27N9O8S. The molecule has 6 N–H and O–H groups in total. The Morgan fingerprint density at radius 1 is 1.22 bits per heavy atom. The lowest BCUT2D eigenvalue weighted by Gasteiger charge is -2.16. The lowest BCUT2D eigenvalue weighted by molar-refractivity contribution is -0.0468. The lowest BCUT2D eigenvalue weighted by atomic mass is 10.1. The maximum atomic E-state index is 12.3. The summed E-state index contributed by atoms with van der Waals surface area (Å²) in [5, 5.41) is 39.2. The summed E-state index contributed by atoms with van der Waals surface area (Å²) in [5.41, 5.74) is 6.89. The number of aliphatic hydroxyl groups is 2. The van der Waals surface area contributed by atoms with Gasteiger partial charge in [0.05, 0.1) is 30.4 Å². The predicted molar refractivity (Wildman–Crippen MR) is 140 cm³/mol. The molecule has 4 aromatic rings. The zero-order chi connectivity index (χ0) is 29.3. The van der Waals surface area contributed by atoms with Gasteiger partial charge in [-0.05, 0) is 25.0 Å². The average molecular weight is 590 g/mol. The Hall–Kier alpha value is -4.23. The molecular weight excluding hydrogens is 562 g/mol. The fraction of sp³-hybridized carbons (Fsp3) is 0.391. The van der Waals surface area contributed by atoms with E-state index in [1.807, 2.05) is 0 Å². The molecule has 218 valence electrons. The smallest absolute Gasteiger partial charge is 0.362 e. The number of nitrogens with zero attached hydrogens (tertiary/aromatic N) is 7. The highest BCUT2D eigenvalue weighted by Crippen LogP contribution is 2.32. The van der Waals surface area contributed by atoms with Crippen molar-refractivity contribution in [3.63, 3.8) is 0 Å². The third-order valence-electron chi connectivity index (χ3n) is 6.33. The molecule has 1 fully saturated rings. The van der Waals surface area contributed by atoms with E-state index in [0.29, 0.717) is 0 Å². The Bertz CT molecular complexity index is 1670. The van der Waals surface area contributed by atoms with Gasteiger partial charge in [-0.2, -0.15) is 23.1 Å². The number of fused-ring (bicyclic) bond motifs is 1. The maximum Gasteiger partial charge on any atom is 0.362 e. The van der Waals surface area contributed by atoms with Crippen LogP contribution in [0.3, 0.4) is 0 Å². The number of hydrogen-bond donors (Lipinski definition) is 5. The maximum absolute atomic E-state index is 12.3. The van der Waals surface area contributed by atoms with Crippen molar-refractivity contribution in [3.8, 4) is 11.7 Å². The molecule has 41 heavy (non-hydrogen) atoms. The molecule has 4 heterocycles. The summed E-state index contributed by atoms with van der Waals surface area (Å²) in [6.45, 7) is 1.30. The molecule has 1 aliphatic heterocycles. The van der Waals surface area contributed by atoms with Gasteiger partial charge in [-0.25, -0.2) is 9.71 Å².